The highest BCUT2D eigenvalue weighted by molar-refractivity contribution is 5.74. The number of aliphatic hydroxyl groups is 1. The third-order valence-corrected chi connectivity index (χ3v) is 3.34. The highest BCUT2D eigenvalue weighted by Gasteiger charge is 2.30. The highest BCUT2D eigenvalue weighted by Crippen LogP contribution is 2.30. The fraction of sp³-hybridized carbons (Fsp3) is 0.500. The number of halogens is 3. The molecule has 1 fully saturated rings. The first-order valence-electron chi connectivity index (χ1n) is 6.83. The minimum absolute atomic E-state index is 0.108. The first-order valence-corrected chi connectivity index (χ1v) is 6.83. The molecule has 1 aromatic carbocycles. The van der Waals surface area contributed by atoms with Gasteiger partial charge in [0, 0.05) is 19.6 Å². The smallest absolute Gasteiger partial charge is 0.387 e. The molecule has 1 atom stereocenters. The van der Waals surface area contributed by atoms with Gasteiger partial charge in [0.05, 0.1) is 24.9 Å². The van der Waals surface area contributed by atoms with Crippen LogP contribution in [0.3, 0.4) is 0 Å². The molecule has 2 N–H and O–H groups in total. The molecule has 0 spiro atoms. The van der Waals surface area contributed by atoms with E-state index >= 15 is 0 Å². The first-order chi connectivity index (χ1) is 10.4. The normalized spacial score (nSPS) is 17.2. The van der Waals surface area contributed by atoms with E-state index in [-0.39, 0.29) is 18.1 Å². The maximum absolute atomic E-state index is 12.6. The number of aliphatic hydroxyl groups excluding tert-OH is 1. The van der Waals surface area contributed by atoms with Gasteiger partial charge in [-0.05, 0) is 17.7 Å². The fourth-order valence-corrected chi connectivity index (χ4v) is 2.10. The number of nitrogens with one attached hydrogen (secondary N) is 1. The van der Waals surface area contributed by atoms with Gasteiger partial charge in [-0.25, -0.2) is 4.79 Å². The average molecular weight is 318 g/mol. The zero-order valence-electron chi connectivity index (χ0n) is 11.8. The lowest BCUT2D eigenvalue weighted by Crippen LogP contribution is -2.47. The van der Waals surface area contributed by atoms with Crippen molar-refractivity contribution in [2.24, 2.45) is 0 Å². The summed E-state index contributed by atoms with van der Waals surface area (Å²) in [6.07, 6.45) is -5.67. The van der Waals surface area contributed by atoms with Gasteiger partial charge in [0.2, 0.25) is 0 Å². The molecule has 0 radical (unpaired) electrons. The van der Waals surface area contributed by atoms with Crippen molar-refractivity contribution in [1.82, 2.24) is 10.2 Å². The van der Waals surface area contributed by atoms with Crippen LogP contribution in [0.15, 0.2) is 24.3 Å². The maximum Gasteiger partial charge on any atom is 0.416 e. The lowest BCUT2D eigenvalue weighted by molar-refractivity contribution is -0.137. The number of urea groups is 1. The van der Waals surface area contributed by atoms with Gasteiger partial charge < -0.3 is 20.1 Å². The predicted octanol–water partition coefficient (Wildman–Crippen LogP) is 1.78. The van der Waals surface area contributed by atoms with E-state index in [4.69, 9.17) is 4.74 Å². The quantitative estimate of drug-likeness (QED) is 0.893. The SMILES string of the molecule is O=C(NCC(O)c1cccc(C(F)(F)F)c1)N1CCOCC1. The predicted molar refractivity (Wildman–Crippen MR) is 72.2 cm³/mol. The van der Waals surface area contributed by atoms with Crippen LogP contribution < -0.4 is 5.32 Å². The molecule has 1 unspecified atom stereocenters. The van der Waals surface area contributed by atoms with Crippen molar-refractivity contribution in [3.63, 3.8) is 0 Å². The molecule has 1 saturated heterocycles. The highest BCUT2D eigenvalue weighted by atomic mass is 19.4. The van der Waals surface area contributed by atoms with Crippen LogP contribution in [0.2, 0.25) is 0 Å². The van der Waals surface area contributed by atoms with Gasteiger partial charge in [-0.15, -0.1) is 0 Å². The number of amides is 2. The Bertz CT molecular complexity index is 516. The zero-order chi connectivity index (χ0) is 16.2. The number of morpholine rings is 1. The van der Waals surface area contributed by atoms with Crippen LogP contribution in [0.4, 0.5) is 18.0 Å². The minimum atomic E-state index is -4.47. The standard InChI is InChI=1S/C14H17F3N2O3/c15-14(16,17)11-3-1-2-10(8-11)12(20)9-18-13(21)19-4-6-22-7-5-19/h1-3,8,12,20H,4-7,9H2,(H,18,21). The maximum atomic E-state index is 12.6. The minimum Gasteiger partial charge on any atom is -0.387 e. The summed E-state index contributed by atoms with van der Waals surface area (Å²) in [6, 6.07) is 4.06. The number of benzene rings is 1. The number of carbonyl (C=O) groups excluding carboxylic acids is 1. The molecule has 2 rings (SSSR count). The Hall–Kier alpha value is -1.80. The van der Waals surface area contributed by atoms with Crippen molar-refractivity contribution in [2.45, 2.75) is 12.3 Å². The second-order valence-corrected chi connectivity index (χ2v) is 4.92. The second-order valence-electron chi connectivity index (χ2n) is 4.92. The van der Waals surface area contributed by atoms with Crippen LogP contribution in [0.1, 0.15) is 17.2 Å². The third-order valence-electron chi connectivity index (χ3n) is 3.34. The van der Waals surface area contributed by atoms with Gasteiger partial charge in [0.15, 0.2) is 0 Å². The van der Waals surface area contributed by atoms with Crippen LogP contribution in [0.25, 0.3) is 0 Å². The number of alkyl halides is 3. The molecule has 0 aromatic heterocycles. The number of carbonyl (C=O) groups is 1. The van der Waals surface area contributed by atoms with Gasteiger partial charge in [-0.1, -0.05) is 12.1 Å². The molecule has 0 bridgehead atoms. The van der Waals surface area contributed by atoms with Crippen LogP contribution in [-0.2, 0) is 10.9 Å². The van der Waals surface area contributed by atoms with Crippen molar-refractivity contribution in [3.8, 4) is 0 Å². The van der Waals surface area contributed by atoms with Crippen LogP contribution in [0, 0.1) is 0 Å². The topological polar surface area (TPSA) is 61.8 Å². The Balaban J connectivity index is 1.91. The van der Waals surface area contributed by atoms with Crippen LogP contribution >= 0.6 is 0 Å². The van der Waals surface area contributed by atoms with Crippen LogP contribution in [0.5, 0.6) is 0 Å². The summed E-state index contributed by atoms with van der Waals surface area (Å²) in [5, 5.41) is 12.4. The lowest BCUT2D eigenvalue weighted by Gasteiger charge is -2.27. The van der Waals surface area contributed by atoms with Gasteiger partial charge in [0.1, 0.15) is 0 Å². The average Bonchev–Trinajstić information content (AvgIpc) is 2.52. The van der Waals surface area contributed by atoms with Crippen molar-refractivity contribution in [1.29, 1.82) is 0 Å². The molecule has 1 aliphatic heterocycles. The van der Waals surface area contributed by atoms with Gasteiger partial charge >= 0.3 is 12.2 Å². The molecule has 2 amide bonds. The van der Waals surface area contributed by atoms with Crippen molar-refractivity contribution < 1.29 is 27.8 Å². The molecule has 8 heteroatoms. The molecule has 22 heavy (non-hydrogen) atoms. The van der Waals surface area contributed by atoms with Crippen molar-refractivity contribution in [2.75, 3.05) is 32.8 Å². The summed E-state index contributed by atoms with van der Waals surface area (Å²) in [4.78, 5) is 13.4. The van der Waals surface area contributed by atoms with E-state index < -0.39 is 17.8 Å². The van der Waals surface area contributed by atoms with Gasteiger partial charge in [-0.2, -0.15) is 13.2 Å². The van der Waals surface area contributed by atoms with E-state index in [0.29, 0.717) is 26.3 Å². The summed E-state index contributed by atoms with van der Waals surface area (Å²) >= 11 is 0. The van der Waals surface area contributed by atoms with Crippen LogP contribution in [-0.4, -0.2) is 48.9 Å². The van der Waals surface area contributed by atoms with E-state index in [1.54, 1.807) is 0 Å². The van der Waals surface area contributed by atoms with E-state index in [1.165, 1.54) is 17.0 Å². The second kappa shape index (κ2) is 6.97. The summed E-state index contributed by atoms with van der Waals surface area (Å²) in [7, 11) is 0. The zero-order valence-corrected chi connectivity index (χ0v) is 11.8. The molecule has 1 heterocycles. The van der Waals surface area contributed by atoms with E-state index in [9.17, 15) is 23.1 Å². The Kier molecular flexibility index (Phi) is 5.25. The van der Waals surface area contributed by atoms with Gasteiger partial charge in [0.25, 0.3) is 0 Å². The number of ether oxygens (including phenoxy) is 1. The fourth-order valence-electron chi connectivity index (χ4n) is 2.10. The Morgan fingerprint density at radius 2 is 2.05 bits per heavy atom. The molecule has 0 aliphatic carbocycles. The van der Waals surface area contributed by atoms with Crippen molar-refractivity contribution in [3.05, 3.63) is 35.4 Å². The summed E-state index contributed by atoms with van der Waals surface area (Å²) in [5.74, 6) is 0. The molecule has 1 aromatic rings. The Morgan fingerprint density at radius 3 is 2.68 bits per heavy atom. The molecule has 0 saturated carbocycles. The van der Waals surface area contributed by atoms with Gasteiger partial charge in [-0.3, -0.25) is 0 Å². The number of hydrogen-bond donors (Lipinski definition) is 2. The molecule has 122 valence electrons. The summed E-state index contributed by atoms with van der Waals surface area (Å²) < 4.78 is 43.0. The number of nitrogens with zero attached hydrogens (tertiary/aromatic N) is 1. The van der Waals surface area contributed by atoms with E-state index in [2.05, 4.69) is 5.32 Å². The molecule has 1 aliphatic rings. The monoisotopic (exact) mass is 318 g/mol. The Labute approximate surface area is 125 Å². The largest absolute Gasteiger partial charge is 0.416 e. The van der Waals surface area contributed by atoms with E-state index in [1.807, 2.05) is 0 Å². The molecular weight excluding hydrogens is 301 g/mol. The van der Waals surface area contributed by atoms with Crippen molar-refractivity contribution >= 4 is 6.03 Å². The molecular formula is C14H17F3N2O3. The first kappa shape index (κ1) is 16.6. The number of rotatable bonds is 3. The molecule has 5 nitrogen and oxygen atoms in total. The summed E-state index contributed by atoms with van der Waals surface area (Å²) in [5.41, 5.74) is -0.722. The number of hydrogen-bond acceptors (Lipinski definition) is 3. The summed E-state index contributed by atoms with van der Waals surface area (Å²) in [6.45, 7) is 1.64. The Morgan fingerprint density at radius 1 is 1.36 bits per heavy atom. The van der Waals surface area contributed by atoms with E-state index in [0.717, 1.165) is 12.1 Å². The lowest BCUT2D eigenvalue weighted by atomic mass is 10.1. The third kappa shape index (κ3) is 4.35.